The monoisotopic (exact) mass is 317 g/mol. The summed E-state index contributed by atoms with van der Waals surface area (Å²) in [6, 6.07) is 8.07. The molecule has 0 bridgehead atoms. The summed E-state index contributed by atoms with van der Waals surface area (Å²) >= 11 is 0. The van der Waals surface area contributed by atoms with Crippen molar-refractivity contribution in [2.45, 2.75) is 50.0 Å². The van der Waals surface area contributed by atoms with Gasteiger partial charge in [0.15, 0.2) is 0 Å². The zero-order valence-corrected chi connectivity index (χ0v) is 13.2. The summed E-state index contributed by atoms with van der Waals surface area (Å²) in [5, 5.41) is 12.3. The zero-order chi connectivity index (χ0) is 16.3. The van der Waals surface area contributed by atoms with E-state index in [0.717, 1.165) is 24.8 Å². The van der Waals surface area contributed by atoms with Gasteiger partial charge < -0.3 is 15.2 Å². The Morgan fingerprint density at radius 2 is 2.00 bits per heavy atom. The number of carbonyl (C=O) groups is 2. The average Bonchev–Trinajstić information content (AvgIpc) is 2.54. The lowest BCUT2D eigenvalue weighted by Gasteiger charge is -2.38. The topological polar surface area (TPSA) is 75.6 Å². The summed E-state index contributed by atoms with van der Waals surface area (Å²) < 4.78 is 5.35. The van der Waals surface area contributed by atoms with Gasteiger partial charge in [-0.1, -0.05) is 24.3 Å². The molecule has 1 unspecified atom stereocenters. The van der Waals surface area contributed by atoms with Crippen LogP contribution in [0.4, 0.5) is 0 Å². The molecule has 5 heteroatoms. The number of carboxylic acid groups (broad SMARTS) is 1. The largest absolute Gasteiger partial charge is 0.481 e. The second kappa shape index (κ2) is 6.71. The number of nitrogens with one attached hydrogen (secondary N) is 1. The first kappa shape index (κ1) is 16.0. The molecular weight excluding hydrogens is 294 g/mol. The number of hydrogen-bond donors (Lipinski definition) is 2. The summed E-state index contributed by atoms with van der Waals surface area (Å²) in [6.45, 7) is 0.990. The predicted octanol–water partition coefficient (Wildman–Crippen LogP) is 2.25. The van der Waals surface area contributed by atoms with Crippen molar-refractivity contribution in [1.29, 1.82) is 0 Å². The smallest absolute Gasteiger partial charge is 0.305 e. The molecule has 1 aromatic carbocycles. The van der Waals surface area contributed by atoms with Crippen molar-refractivity contribution in [3.63, 3.8) is 0 Å². The number of carboxylic acids is 1. The van der Waals surface area contributed by atoms with E-state index in [0.29, 0.717) is 26.1 Å². The second-order valence-corrected chi connectivity index (χ2v) is 6.60. The molecular formula is C18H23NO4. The number of aryl methyl sites for hydroxylation is 1. The Bertz CT molecular complexity index is 592. The van der Waals surface area contributed by atoms with E-state index < -0.39 is 11.5 Å². The molecule has 1 aliphatic heterocycles. The van der Waals surface area contributed by atoms with Crippen LogP contribution in [0.2, 0.25) is 0 Å². The molecule has 1 aliphatic carbocycles. The van der Waals surface area contributed by atoms with E-state index in [9.17, 15) is 14.7 Å². The van der Waals surface area contributed by atoms with Crippen LogP contribution in [0.25, 0.3) is 0 Å². The Labute approximate surface area is 136 Å². The van der Waals surface area contributed by atoms with Crippen LogP contribution in [-0.4, -0.2) is 35.7 Å². The molecule has 5 nitrogen and oxygen atoms in total. The number of carbonyl (C=O) groups excluding carboxylic acids is 1. The van der Waals surface area contributed by atoms with Crippen molar-refractivity contribution in [1.82, 2.24) is 5.32 Å². The van der Waals surface area contributed by atoms with Crippen LogP contribution in [0.3, 0.4) is 0 Å². The SMILES string of the molecule is O=C(O)CC1(NC(=O)C2CCCc3ccccc32)CCOCC1. The Balaban J connectivity index is 1.78. The van der Waals surface area contributed by atoms with Gasteiger partial charge in [0.1, 0.15) is 0 Å². The van der Waals surface area contributed by atoms with Crippen LogP contribution in [0, 0.1) is 0 Å². The maximum Gasteiger partial charge on any atom is 0.305 e. The fourth-order valence-corrected chi connectivity index (χ4v) is 3.77. The first-order chi connectivity index (χ1) is 11.1. The third kappa shape index (κ3) is 3.55. The quantitative estimate of drug-likeness (QED) is 0.893. The molecule has 2 aliphatic rings. The Morgan fingerprint density at radius 1 is 1.26 bits per heavy atom. The van der Waals surface area contributed by atoms with E-state index in [2.05, 4.69) is 11.4 Å². The minimum Gasteiger partial charge on any atom is -0.481 e. The van der Waals surface area contributed by atoms with E-state index in [-0.39, 0.29) is 18.2 Å². The van der Waals surface area contributed by atoms with Gasteiger partial charge in [0.25, 0.3) is 0 Å². The van der Waals surface area contributed by atoms with Crippen LogP contribution < -0.4 is 5.32 Å². The number of fused-ring (bicyclic) bond motifs is 1. The molecule has 0 radical (unpaired) electrons. The summed E-state index contributed by atoms with van der Waals surface area (Å²) in [4.78, 5) is 24.1. The maximum absolute atomic E-state index is 12.9. The van der Waals surface area contributed by atoms with E-state index in [1.807, 2.05) is 18.2 Å². The zero-order valence-electron chi connectivity index (χ0n) is 13.2. The van der Waals surface area contributed by atoms with Crippen molar-refractivity contribution < 1.29 is 19.4 Å². The molecule has 1 atom stereocenters. The molecule has 1 saturated heterocycles. The Hall–Kier alpha value is -1.88. The van der Waals surface area contributed by atoms with Crippen LogP contribution in [0.15, 0.2) is 24.3 Å². The first-order valence-corrected chi connectivity index (χ1v) is 8.29. The molecule has 1 aromatic rings. The third-order valence-corrected chi connectivity index (χ3v) is 5.01. The highest BCUT2D eigenvalue weighted by atomic mass is 16.5. The minimum absolute atomic E-state index is 0.0414. The number of rotatable bonds is 4. The highest BCUT2D eigenvalue weighted by molar-refractivity contribution is 5.85. The van der Waals surface area contributed by atoms with Gasteiger partial charge in [-0.2, -0.15) is 0 Å². The van der Waals surface area contributed by atoms with Crippen molar-refractivity contribution in [2.24, 2.45) is 0 Å². The lowest BCUT2D eigenvalue weighted by Crippen LogP contribution is -2.54. The molecule has 3 rings (SSSR count). The number of hydrogen-bond acceptors (Lipinski definition) is 3. The van der Waals surface area contributed by atoms with Gasteiger partial charge in [-0.05, 0) is 43.2 Å². The Kier molecular flexibility index (Phi) is 4.66. The fraction of sp³-hybridized carbons (Fsp3) is 0.556. The highest BCUT2D eigenvalue weighted by Gasteiger charge is 2.38. The van der Waals surface area contributed by atoms with E-state index in [1.165, 1.54) is 5.56 Å². The molecule has 0 saturated carbocycles. The highest BCUT2D eigenvalue weighted by Crippen LogP contribution is 2.33. The van der Waals surface area contributed by atoms with Crippen LogP contribution in [0.1, 0.15) is 49.1 Å². The average molecular weight is 317 g/mol. The minimum atomic E-state index is -0.878. The van der Waals surface area contributed by atoms with Crippen molar-refractivity contribution in [3.8, 4) is 0 Å². The Morgan fingerprint density at radius 3 is 2.74 bits per heavy atom. The molecule has 23 heavy (non-hydrogen) atoms. The lowest BCUT2D eigenvalue weighted by atomic mass is 9.80. The van der Waals surface area contributed by atoms with Gasteiger partial charge in [0, 0.05) is 13.2 Å². The number of ether oxygens (including phenoxy) is 1. The summed E-state index contributed by atoms with van der Waals surface area (Å²) in [5.41, 5.74) is 1.65. The van der Waals surface area contributed by atoms with Gasteiger partial charge >= 0.3 is 5.97 Å². The predicted molar refractivity (Wildman–Crippen MR) is 85.3 cm³/mol. The summed E-state index contributed by atoms with van der Waals surface area (Å²) in [7, 11) is 0. The van der Waals surface area contributed by atoms with Crippen LogP contribution in [-0.2, 0) is 20.7 Å². The second-order valence-electron chi connectivity index (χ2n) is 6.60. The number of benzene rings is 1. The number of amides is 1. The standard InChI is InChI=1S/C18H23NO4/c20-16(21)12-18(8-10-23-11-9-18)19-17(22)15-7-3-5-13-4-1-2-6-14(13)15/h1-2,4,6,15H,3,5,7-12H2,(H,19,22)(H,20,21). The molecule has 1 heterocycles. The van der Waals surface area contributed by atoms with Crippen molar-refractivity contribution in [3.05, 3.63) is 35.4 Å². The maximum atomic E-state index is 12.9. The molecule has 2 N–H and O–H groups in total. The number of aliphatic carboxylic acids is 1. The summed E-state index contributed by atoms with van der Waals surface area (Å²) in [5.74, 6) is -1.09. The normalized spacial score (nSPS) is 22.9. The van der Waals surface area contributed by atoms with Crippen molar-refractivity contribution >= 4 is 11.9 Å². The van der Waals surface area contributed by atoms with Gasteiger partial charge in [0.2, 0.25) is 5.91 Å². The lowest BCUT2D eigenvalue weighted by molar-refractivity contribution is -0.140. The van der Waals surface area contributed by atoms with E-state index in [1.54, 1.807) is 0 Å². The van der Waals surface area contributed by atoms with Crippen molar-refractivity contribution in [2.75, 3.05) is 13.2 Å². The van der Waals surface area contributed by atoms with Gasteiger partial charge in [-0.25, -0.2) is 0 Å². The van der Waals surface area contributed by atoms with Gasteiger partial charge in [-0.3, -0.25) is 9.59 Å². The van der Waals surface area contributed by atoms with Gasteiger partial charge in [0.05, 0.1) is 17.9 Å². The van der Waals surface area contributed by atoms with Gasteiger partial charge in [-0.15, -0.1) is 0 Å². The molecule has 124 valence electrons. The van der Waals surface area contributed by atoms with Crippen LogP contribution in [0.5, 0.6) is 0 Å². The molecule has 1 amide bonds. The first-order valence-electron chi connectivity index (χ1n) is 8.29. The molecule has 0 spiro atoms. The summed E-state index contributed by atoms with van der Waals surface area (Å²) in [6.07, 6.45) is 3.88. The fourth-order valence-electron chi connectivity index (χ4n) is 3.77. The molecule has 0 aromatic heterocycles. The van der Waals surface area contributed by atoms with Crippen LogP contribution >= 0.6 is 0 Å². The molecule has 1 fully saturated rings. The van der Waals surface area contributed by atoms with E-state index in [4.69, 9.17) is 4.74 Å². The van der Waals surface area contributed by atoms with E-state index >= 15 is 0 Å². The third-order valence-electron chi connectivity index (χ3n) is 5.01.